The second-order valence-corrected chi connectivity index (χ2v) is 4.46. The number of aromatic amines is 1. The second kappa shape index (κ2) is 5.21. The number of nitriles is 1. The molecule has 2 aromatic rings. The predicted molar refractivity (Wildman–Crippen MR) is 72.6 cm³/mol. The van der Waals surface area contributed by atoms with Gasteiger partial charge in [-0.2, -0.15) is 5.26 Å². The minimum absolute atomic E-state index is 0.298. The lowest BCUT2D eigenvalue weighted by molar-refractivity contribution is 0.476. The molecule has 3 nitrogen and oxygen atoms in total. The lowest BCUT2D eigenvalue weighted by Gasteiger charge is -2.11. The maximum absolute atomic E-state index is 9.07. The van der Waals surface area contributed by atoms with Gasteiger partial charge in [0.1, 0.15) is 27.8 Å². The van der Waals surface area contributed by atoms with Crippen LogP contribution in [0.2, 0.25) is 5.02 Å². The van der Waals surface area contributed by atoms with E-state index in [1.54, 1.807) is 18.3 Å². The van der Waals surface area contributed by atoms with E-state index < -0.39 is 0 Å². The third kappa shape index (κ3) is 2.37. The first-order valence-corrected chi connectivity index (χ1v) is 5.97. The van der Waals surface area contributed by atoms with E-state index in [1.807, 2.05) is 25.1 Å². The van der Waals surface area contributed by atoms with E-state index in [9.17, 15) is 0 Å². The van der Waals surface area contributed by atoms with Crippen LogP contribution < -0.4 is 4.74 Å². The van der Waals surface area contributed by atoms with Crippen LogP contribution in [0.25, 0.3) is 0 Å². The van der Waals surface area contributed by atoms with Gasteiger partial charge in [-0.05, 0) is 24.6 Å². The molecular formula is C13H9ClN2OS. The Balaban J connectivity index is 2.51. The summed E-state index contributed by atoms with van der Waals surface area (Å²) >= 11 is 11.1. The van der Waals surface area contributed by atoms with Crippen molar-refractivity contribution in [3.8, 4) is 17.6 Å². The summed E-state index contributed by atoms with van der Waals surface area (Å²) in [5.41, 5.74) is 1.19. The zero-order valence-corrected chi connectivity index (χ0v) is 11.1. The van der Waals surface area contributed by atoms with Crippen LogP contribution in [-0.4, -0.2) is 4.98 Å². The van der Waals surface area contributed by atoms with Crippen molar-refractivity contribution in [2.75, 3.05) is 0 Å². The number of aromatic nitrogens is 1. The van der Waals surface area contributed by atoms with Crippen LogP contribution in [0.4, 0.5) is 0 Å². The first-order chi connectivity index (χ1) is 8.63. The molecule has 0 aliphatic rings. The van der Waals surface area contributed by atoms with E-state index in [-0.39, 0.29) is 0 Å². The first kappa shape index (κ1) is 12.6. The van der Waals surface area contributed by atoms with Gasteiger partial charge in [0.25, 0.3) is 0 Å². The summed E-state index contributed by atoms with van der Waals surface area (Å²) in [5.74, 6) is 0.939. The molecule has 1 aromatic heterocycles. The van der Waals surface area contributed by atoms with Crippen LogP contribution in [-0.2, 0) is 0 Å². The van der Waals surface area contributed by atoms with Gasteiger partial charge >= 0.3 is 0 Å². The van der Waals surface area contributed by atoms with E-state index >= 15 is 0 Å². The number of benzene rings is 1. The molecule has 1 aromatic carbocycles. The zero-order valence-electron chi connectivity index (χ0n) is 9.53. The molecule has 0 bridgehead atoms. The molecular weight excluding hydrogens is 268 g/mol. The van der Waals surface area contributed by atoms with Crippen molar-refractivity contribution in [1.82, 2.24) is 4.98 Å². The summed E-state index contributed by atoms with van der Waals surface area (Å²) in [4.78, 5) is 2.79. The van der Waals surface area contributed by atoms with Gasteiger partial charge < -0.3 is 9.72 Å². The summed E-state index contributed by atoms with van der Waals surface area (Å²) in [6.45, 7) is 1.89. The molecule has 1 heterocycles. The van der Waals surface area contributed by atoms with Crippen molar-refractivity contribution < 1.29 is 4.74 Å². The van der Waals surface area contributed by atoms with Crippen molar-refractivity contribution in [3.63, 3.8) is 0 Å². The number of rotatable bonds is 2. The molecule has 1 N–H and O–H groups in total. The van der Waals surface area contributed by atoms with E-state index in [0.29, 0.717) is 26.7 Å². The van der Waals surface area contributed by atoms with Crippen LogP contribution in [0.1, 0.15) is 11.1 Å². The van der Waals surface area contributed by atoms with Crippen LogP contribution in [0, 0.1) is 22.9 Å². The minimum atomic E-state index is 0.298. The topological polar surface area (TPSA) is 48.8 Å². The standard InChI is InChI=1S/C13H9ClN2OS/c1-8-3-2-4-10(14)12(8)17-11-5-6-16-13(18)9(11)7-15/h2-6H,1H3,(H,16,18). The average Bonchev–Trinajstić information content (AvgIpc) is 2.34. The SMILES string of the molecule is Cc1cccc(Cl)c1Oc1cc[nH]c(=S)c1C#N. The fourth-order valence-corrected chi connectivity index (χ4v) is 1.98. The molecule has 2 rings (SSSR count). The summed E-state index contributed by atoms with van der Waals surface area (Å²) < 4.78 is 6.05. The third-order valence-electron chi connectivity index (χ3n) is 2.41. The number of nitrogens with zero attached hydrogens (tertiary/aromatic N) is 1. The molecule has 0 fully saturated rings. The maximum Gasteiger partial charge on any atom is 0.149 e. The molecule has 0 unspecified atom stereocenters. The molecule has 18 heavy (non-hydrogen) atoms. The van der Waals surface area contributed by atoms with Crippen LogP contribution in [0.15, 0.2) is 30.5 Å². The summed E-state index contributed by atoms with van der Waals surface area (Å²) in [7, 11) is 0. The molecule has 0 spiro atoms. The quantitative estimate of drug-likeness (QED) is 0.829. The van der Waals surface area contributed by atoms with Crippen molar-refractivity contribution in [3.05, 3.63) is 51.3 Å². The molecule has 0 aliphatic carbocycles. The number of hydrogen-bond acceptors (Lipinski definition) is 3. The highest BCUT2D eigenvalue weighted by atomic mass is 35.5. The Morgan fingerprint density at radius 3 is 2.83 bits per heavy atom. The molecule has 90 valence electrons. The zero-order chi connectivity index (χ0) is 13.1. The van der Waals surface area contributed by atoms with E-state index in [0.717, 1.165) is 5.56 Å². The Labute approximate surface area is 115 Å². The highest BCUT2D eigenvalue weighted by Crippen LogP contribution is 2.33. The Bertz CT molecular complexity index is 668. The Morgan fingerprint density at radius 1 is 1.39 bits per heavy atom. The minimum Gasteiger partial charge on any atom is -0.454 e. The van der Waals surface area contributed by atoms with Gasteiger partial charge in [0.15, 0.2) is 0 Å². The second-order valence-electron chi connectivity index (χ2n) is 3.65. The smallest absolute Gasteiger partial charge is 0.149 e. The number of halogens is 1. The molecule has 5 heteroatoms. The fraction of sp³-hybridized carbons (Fsp3) is 0.0769. The Kier molecular flexibility index (Phi) is 3.66. The molecule has 0 amide bonds. The number of nitrogens with one attached hydrogen (secondary N) is 1. The predicted octanol–water partition coefficient (Wildman–Crippen LogP) is 4.37. The number of para-hydroxylation sites is 1. The number of hydrogen-bond donors (Lipinski definition) is 1. The molecule has 0 saturated heterocycles. The fourth-order valence-electron chi connectivity index (χ4n) is 1.51. The van der Waals surface area contributed by atoms with Gasteiger partial charge in [0.2, 0.25) is 0 Å². The normalized spacial score (nSPS) is 9.83. The van der Waals surface area contributed by atoms with E-state index in [1.165, 1.54) is 0 Å². The number of ether oxygens (including phenoxy) is 1. The van der Waals surface area contributed by atoms with Crippen molar-refractivity contribution in [2.24, 2.45) is 0 Å². The van der Waals surface area contributed by atoms with Crippen molar-refractivity contribution in [2.45, 2.75) is 6.92 Å². The van der Waals surface area contributed by atoms with Gasteiger partial charge in [0.05, 0.1) is 5.02 Å². The van der Waals surface area contributed by atoms with Crippen LogP contribution in [0.5, 0.6) is 11.5 Å². The largest absolute Gasteiger partial charge is 0.454 e. The number of H-pyrrole nitrogens is 1. The highest BCUT2D eigenvalue weighted by Gasteiger charge is 2.10. The highest BCUT2D eigenvalue weighted by molar-refractivity contribution is 7.71. The van der Waals surface area contributed by atoms with Crippen molar-refractivity contribution in [1.29, 1.82) is 5.26 Å². The van der Waals surface area contributed by atoms with Crippen molar-refractivity contribution >= 4 is 23.8 Å². The van der Waals surface area contributed by atoms with Gasteiger partial charge in [-0.15, -0.1) is 0 Å². The maximum atomic E-state index is 9.07. The first-order valence-electron chi connectivity index (χ1n) is 5.18. The molecule has 0 aliphatic heterocycles. The van der Waals surface area contributed by atoms with E-state index in [4.69, 9.17) is 33.8 Å². The molecule has 0 radical (unpaired) electrons. The Hall–Kier alpha value is -1.83. The lowest BCUT2D eigenvalue weighted by Crippen LogP contribution is -1.93. The summed E-state index contributed by atoms with van der Waals surface area (Å²) in [6, 6.07) is 9.13. The van der Waals surface area contributed by atoms with Crippen LogP contribution >= 0.6 is 23.8 Å². The number of aryl methyl sites for hydroxylation is 1. The van der Waals surface area contributed by atoms with Gasteiger partial charge in [-0.25, -0.2) is 0 Å². The number of pyridine rings is 1. The molecule has 0 atom stereocenters. The molecule has 0 saturated carbocycles. The van der Waals surface area contributed by atoms with Gasteiger partial charge in [0, 0.05) is 6.20 Å². The van der Waals surface area contributed by atoms with Crippen LogP contribution in [0.3, 0.4) is 0 Å². The van der Waals surface area contributed by atoms with Gasteiger partial charge in [-0.3, -0.25) is 0 Å². The van der Waals surface area contributed by atoms with E-state index in [2.05, 4.69) is 4.98 Å². The van der Waals surface area contributed by atoms with Gasteiger partial charge in [-0.1, -0.05) is 36.0 Å². The monoisotopic (exact) mass is 276 g/mol. The third-order valence-corrected chi connectivity index (χ3v) is 3.03. The lowest BCUT2D eigenvalue weighted by atomic mass is 10.2. The Morgan fingerprint density at radius 2 is 2.17 bits per heavy atom. The summed E-state index contributed by atoms with van der Waals surface area (Å²) in [6.07, 6.45) is 1.63. The average molecular weight is 277 g/mol. The summed E-state index contributed by atoms with van der Waals surface area (Å²) in [5, 5.41) is 9.56.